The standard InChI is InChI=1S/C16H20N6/c1-12-18-15-4-2-3-5-16(15)21(12)10-13-11-22(20-19-13)14-6-8-17-9-7-14/h2-5,11,14,17H,6-10H2,1H3. The van der Waals surface area contributed by atoms with Crippen LogP contribution in [0.1, 0.15) is 30.4 Å². The van der Waals surface area contributed by atoms with Crippen molar-refractivity contribution in [3.8, 4) is 0 Å². The summed E-state index contributed by atoms with van der Waals surface area (Å²) >= 11 is 0. The highest BCUT2D eigenvalue weighted by atomic mass is 15.4. The van der Waals surface area contributed by atoms with Gasteiger partial charge in [-0.15, -0.1) is 5.10 Å². The number of hydrogen-bond donors (Lipinski definition) is 1. The molecule has 1 fully saturated rings. The smallest absolute Gasteiger partial charge is 0.107 e. The van der Waals surface area contributed by atoms with Crippen molar-refractivity contribution < 1.29 is 0 Å². The highest BCUT2D eigenvalue weighted by Gasteiger charge is 2.17. The molecule has 3 aromatic rings. The molecule has 0 amide bonds. The summed E-state index contributed by atoms with van der Waals surface area (Å²) in [5.41, 5.74) is 3.17. The molecule has 1 saturated heterocycles. The van der Waals surface area contributed by atoms with E-state index in [0.717, 1.165) is 55.0 Å². The molecule has 1 aliphatic rings. The summed E-state index contributed by atoms with van der Waals surface area (Å²) in [6.07, 6.45) is 4.33. The maximum Gasteiger partial charge on any atom is 0.107 e. The van der Waals surface area contributed by atoms with Crippen molar-refractivity contribution in [2.75, 3.05) is 13.1 Å². The molecule has 0 radical (unpaired) electrons. The zero-order chi connectivity index (χ0) is 14.9. The Bertz CT molecular complexity index is 781. The Balaban J connectivity index is 1.60. The molecule has 6 nitrogen and oxygen atoms in total. The van der Waals surface area contributed by atoms with Crippen LogP contribution in [0.3, 0.4) is 0 Å². The van der Waals surface area contributed by atoms with Gasteiger partial charge in [0.2, 0.25) is 0 Å². The predicted octanol–water partition coefficient (Wildman–Crippen LogP) is 1.91. The van der Waals surface area contributed by atoms with E-state index in [1.54, 1.807) is 0 Å². The van der Waals surface area contributed by atoms with Gasteiger partial charge in [0, 0.05) is 0 Å². The van der Waals surface area contributed by atoms with Crippen molar-refractivity contribution in [3.05, 3.63) is 42.0 Å². The van der Waals surface area contributed by atoms with Crippen LogP contribution in [0, 0.1) is 6.92 Å². The van der Waals surface area contributed by atoms with E-state index >= 15 is 0 Å². The van der Waals surface area contributed by atoms with E-state index in [1.165, 1.54) is 0 Å². The number of nitrogens with one attached hydrogen (secondary N) is 1. The normalized spacial score (nSPS) is 16.4. The average Bonchev–Trinajstić information content (AvgIpc) is 3.14. The molecule has 3 heterocycles. The topological polar surface area (TPSA) is 60.6 Å². The van der Waals surface area contributed by atoms with Gasteiger partial charge in [0.15, 0.2) is 0 Å². The van der Waals surface area contributed by atoms with Gasteiger partial charge < -0.3 is 9.88 Å². The molecule has 1 N–H and O–H groups in total. The fourth-order valence-electron chi connectivity index (χ4n) is 3.19. The Kier molecular flexibility index (Phi) is 3.38. The summed E-state index contributed by atoms with van der Waals surface area (Å²) in [6, 6.07) is 8.69. The van der Waals surface area contributed by atoms with Crippen molar-refractivity contribution in [1.29, 1.82) is 0 Å². The number of fused-ring (bicyclic) bond motifs is 1. The predicted molar refractivity (Wildman–Crippen MR) is 84.7 cm³/mol. The first-order valence-corrected chi connectivity index (χ1v) is 7.84. The number of nitrogens with zero attached hydrogens (tertiary/aromatic N) is 5. The number of imidazole rings is 1. The fraction of sp³-hybridized carbons (Fsp3) is 0.438. The lowest BCUT2D eigenvalue weighted by atomic mass is 10.1. The van der Waals surface area contributed by atoms with Gasteiger partial charge in [0.05, 0.1) is 29.8 Å². The molecular weight excluding hydrogens is 276 g/mol. The van der Waals surface area contributed by atoms with E-state index in [9.17, 15) is 0 Å². The first-order chi connectivity index (χ1) is 10.8. The molecule has 0 bridgehead atoms. The Morgan fingerprint density at radius 3 is 2.91 bits per heavy atom. The van der Waals surface area contributed by atoms with Crippen LogP contribution >= 0.6 is 0 Å². The van der Waals surface area contributed by atoms with Gasteiger partial charge in [-0.2, -0.15) is 0 Å². The number of piperidine rings is 1. The van der Waals surface area contributed by atoms with Crippen LogP contribution < -0.4 is 5.32 Å². The zero-order valence-corrected chi connectivity index (χ0v) is 12.7. The third-order valence-corrected chi connectivity index (χ3v) is 4.41. The summed E-state index contributed by atoms with van der Waals surface area (Å²) in [4.78, 5) is 4.61. The minimum atomic E-state index is 0.475. The van der Waals surface area contributed by atoms with Gasteiger partial charge in [-0.05, 0) is 45.0 Å². The fourth-order valence-corrected chi connectivity index (χ4v) is 3.19. The van der Waals surface area contributed by atoms with E-state index in [0.29, 0.717) is 6.04 Å². The Labute approximate surface area is 129 Å². The highest BCUT2D eigenvalue weighted by molar-refractivity contribution is 5.75. The maximum absolute atomic E-state index is 4.61. The van der Waals surface area contributed by atoms with Gasteiger partial charge in [-0.3, -0.25) is 0 Å². The van der Waals surface area contributed by atoms with E-state index < -0.39 is 0 Å². The number of para-hydroxylation sites is 2. The molecule has 0 saturated carbocycles. The zero-order valence-electron chi connectivity index (χ0n) is 12.7. The molecule has 114 valence electrons. The lowest BCUT2D eigenvalue weighted by Gasteiger charge is -2.22. The summed E-state index contributed by atoms with van der Waals surface area (Å²) in [6.45, 7) is 4.88. The second-order valence-corrected chi connectivity index (χ2v) is 5.90. The summed E-state index contributed by atoms with van der Waals surface area (Å²) in [5.74, 6) is 1.01. The molecule has 0 unspecified atom stereocenters. The van der Waals surface area contributed by atoms with E-state index in [4.69, 9.17) is 0 Å². The summed E-state index contributed by atoms with van der Waals surface area (Å²) < 4.78 is 4.23. The van der Waals surface area contributed by atoms with Gasteiger partial charge in [-0.25, -0.2) is 9.67 Å². The van der Waals surface area contributed by atoms with E-state index in [2.05, 4.69) is 37.4 Å². The molecule has 6 heteroatoms. The summed E-state index contributed by atoms with van der Waals surface area (Å²) in [7, 11) is 0. The lowest BCUT2D eigenvalue weighted by Crippen LogP contribution is -2.29. The van der Waals surface area contributed by atoms with E-state index in [-0.39, 0.29) is 0 Å². The van der Waals surface area contributed by atoms with Crippen molar-refractivity contribution in [3.63, 3.8) is 0 Å². The highest BCUT2D eigenvalue weighted by Crippen LogP contribution is 2.19. The number of rotatable bonds is 3. The summed E-state index contributed by atoms with van der Waals surface area (Å²) in [5, 5.41) is 12.1. The van der Waals surface area contributed by atoms with Crippen molar-refractivity contribution in [2.45, 2.75) is 32.4 Å². The van der Waals surface area contributed by atoms with Gasteiger partial charge in [0.25, 0.3) is 0 Å². The van der Waals surface area contributed by atoms with E-state index in [1.807, 2.05) is 29.8 Å². The molecule has 0 aliphatic carbocycles. The molecule has 22 heavy (non-hydrogen) atoms. The van der Waals surface area contributed by atoms with Crippen molar-refractivity contribution in [1.82, 2.24) is 29.9 Å². The number of hydrogen-bond acceptors (Lipinski definition) is 4. The molecule has 4 rings (SSSR count). The van der Waals surface area contributed by atoms with Crippen LogP contribution in [0.2, 0.25) is 0 Å². The largest absolute Gasteiger partial charge is 0.322 e. The Morgan fingerprint density at radius 2 is 2.05 bits per heavy atom. The van der Waals surface area contributed by atoms with Gasteiger partial charge >= 0.3 is 0 Å². The van der Waals surface area contributed by atoms with Crippen molar-refractivity contribution >= 4 is 11.0 Å². The van der Waals surface area contributed by atoms with Crippen molar-refractivity contribution in [2.24, 2.45) is 0 Å². The van der Waals surface area contributed by atoms with Crippen LogP contribution in [0.4, 0.5) is 0 Å². The van der Waals surface area contributed by atoms with Crippen LogP contribution in [0.15, 0.2) is 30.5 Å². The van der Waals surface area contributed by atoms with Gasteiger partial charge in [-0.1, -0.05) is 17.3 Å². The molecule has 0 spiro atoms. The second kappa shape index (κ2) is 5.53. The van der Waals surface area contributed by atoms with Crippen LogP contribution in [-0.2, 0) is 6.54 Å². The SMILES string of the molecule is Cc1nc2ccccc2n1Cc1cn(C2CCNCC2)nn1. The quantitative estimate of drug-likeness (QED) is 0.802. The average molecular weight is 296 g/mol. The minimum Gasteiger partial charge on any atom is -0.322 e. The van der Waals surface area contributed by atoms with Crippen LogP contribution in [0.25, 0.3) is 11.0 Å². The first-order valence-electron chi connectivity index (χ1n) is 7.84. The lowest BCUT2D eigenvalue weighted by molar-refractivity contribution is 0.337. The van der Waals surface area contributed by atoms with Crippen LogP contribution in [-0.4, -0.2) is 37.6 Å². The molecule has 2 aromatic heterocycles. The monoisotopic (exact) mass is 296 g/mol. The minimum absolute atomic E-state index is 0.475. The Hall–Kier alpha value is -2.21. The first kappa shape index (κ1) is 13.5. The number of aryl methyl sites for hydroxylation is 1. The van der Waals surface area contributed by atoms with Gasteiger partial charge in [0.1, 0.15) is 11.5 Å². The number of benzene rings is 1. The Morgan fingerprint density at radius 1 is 1.23 bits per heavy atom. The molecule has 0 atom stereocenters. The third-order valence-electron chi connectivity index (χ3n) is 4.41. The molecule has 1 aromatic carbocycles. The third kappa shape index (κ3) is 2.39. The molecular formula is C16H20N6. The maximum atomic E-state index is 4.61. The second-order valence-electron chi connectivity index (χ2n) is 5.90. The molecule has 1 aliphatic heterocycles. The number of aromatic nitrogens is 5. The van der Waals surface area contributed by atoms with Crippen LogP contribution in [0.5, 0.6) is 0 Å².